The van der Waals surface area contributed by atoms with Crippen molar-refractivity contribution < 1.29 is 18.3 Å². The van der Waals surface area contributed by atoms with Crippen molar-refractivity contribution >= 4 is 15.8 Å². The van der Waals surface area contributed by atoms with Gasteiger partial charge in [0, 0.05) is 6.04 Å². The summed E-state index contributed by atoms with van der Waals surface area (Å²) >= 11 is 0. The molecule has 0 bridgehead atoms. The second-order valence-electron chi connectivity index (χ2n) is 5.89. The minimum atomic E-state index is -3.19. The van der Waals surface area contributed by atoms with Crippen LogP contribution in [0.4, 0.5) is 0 Å². The fraction of sp³-hybridized carbons (Fsp3) is 0.909. The van der Waals surface area contributed by atoms with Gasteiger partial charge in [0.2, 0.25) is 0 Å². The Morgan fingerprint density at radius 1 is 1.35 bits per heavy atom. The van der Waals surface area contributed by atoms with Gasteiger partial charge in [0.05, 0.1) is 15.9 Å². The number of carbonyl (C=O) groups is 1. The van der Waals surface area contributed by atoms with Gasteiger partial charge in [0.1, 0.15) is 0 Å². The lowest BCUT2D eigenvalue weighted by atomic mass is 9.55. The van der Waals surface area contributed by atoms with Crippen molar-refractivity contribution in [3.8, 4) is 0 Å². The van der Waals surface area contributed by atoms with Gasteiger partial charge in [0.15, 0.2) is 9.84 Å². The maximum absolute atomic E-state index is 12.0. The third-order valence-electron chi connectivity index (χ3n) is 4.66. The molecule has 1 atom stereocenters. The molecule has 1 saturated heterocycles. The van der Waals surface area contributed by atoms with E-state index < -0.39 is 26.0 Å². The van der Waals surface area contributed by atoms with Gasteiger partial charge >= 0.3 is 5.97 Å². The molecule has 1 aliphatic heterocycles. The first-order chi connectivity index (χ1) is 7.63. The predicted molar refractivity (Wildman–Crippen MR) is 63.3 cm³/mol. The number of carboxylic acid groups (broad SMARTS) is 1. The van der Waals surface area contributed by atoms with Gasteiger partial charge in [-0.25, -0.2) is 8.42 Å². The number of hydrogen-bond acceptors (Lipinski definition) is 4. The fourth-order valence-corrected chi connectivity index (χ4v) is 5.38. The van der Waals surface area contributed by atoms with Crippen molar-refractivity contribution in [2.75, 3.05) is 5.75 Å². The van der Waals surface area contributed by atoms with Crippen LogP contribution < -0.4 is 5.73 Å². The van der Waals surface area contributed by atoms with Crippen LogP contribution in [0, 0.1) is 11.3 Å². The zero-order chi connectivity index (χ0) is 13.1. The molecule has 1 unspecified atom stereocenters. The zero-order valence-corrected chi connectivity index (χ0v) is 11.0. The highest BCUT2D eigenvalue weighted by Gasteiger charge is 2.63. The van der Waals surface area contributed by atoms with Gasteiger partial charge in [-0.05, 0) is 39.0 Å². The highest BCUT2D eigenvalue weighted by Crippen LogP contribution is 2.56. The Kier molecular flexibility index (Phi) is 2.60. The molecule has 0 amide bonds. The van der Waals surface area contributed by atoms with E-state index in [1.165, 1.54) is 0 Å². The summed E-state index contributed by atoms with van der Waals surface area (Å²) in [7, 11) is -3.19. The maximum Gasteiger partial charge on any atom is 0.310 e. The van der Waals surface area contributed by atoms with E-state index in [2.05, 4.69) is 0 Å². The number of carboxylic acids is 1. The summed E-state index contributed by atoms with van der Waals surface area (Å²) in [5.41, 5.74) is 4.78. The van der Waals surface area contributed by atoms with E-state index in [4.69, 9.17) is 5.73 Å². The van der Waals surface area contributed by atoms with Crippen LogP contribution in [0.5, 0.6) is 0 Å². The third-order valence-corrected chi connectivity index (χ3v) is 7.32. The molecule has 0 aromatic rings. The van der Waals surface area contributed by atoms with E-state index in [9.17, 15) is 18.3 Å². The summed E-state index contributed by atoms with van der Waals surface area (Å²) in [6.07, 6.45) is 1.23. The standard InChI is InChI=1S/C11H19NO4S/c1-10(2)8(3-4-17(10,15)16)11(9(13)14)5-7(12)6-11/h7-8H,3-6,12H2,1-2H3,(H,13,14). The summed E-state index contributed by atoms with van der Waals surface area (Å²) in [4.78, 5) is 11.5. The summed E-state index contributed by atoms with van der Waals surface area (Å²) in [5.74, 6) is -1.12. The SMILES string of the molecule is CC1(C)C(C2(C(=O)O)CC(N)C2)CCS1(=O)=O. The Hall–Kier alpha value is -0.620. The maximum atomic E-state index is 12.0. The minimum absolute atomic E-state index is 0.0922. The summed E-state index contributed by atoms with van der Waals surface area (Å²) in [6, 6.07) is -0.106. The van der Waals surface area contributed by atoms with E-state index in [1.54, 1.807) is 13.8 Å². The van der Waals surface area contributed by atoms with Gasteiger partial charge < -0.3 is 10.8 Å². The molecule has 6 heteroatoms. The lowest BCUT2D eigenvalue weighted by molar-refractivity contribution is -0.162. The van der Waals surface area contributed by atoms with E-state index >= 15 is 0 Å². The smallest absolute Gasteiger partial charge is 0.310 e. The molecule has 0 aromatic carbocycles. The molecule has 98 valence electrons. The highest BCUT2D eigenvalue weighted by atomic mass is 32.2. The minimum Gasteiger partial charge on any atom is -0.481 e. The van der Waals surface area contributed by atoms with Crippen molar-refractivity contribution in [3.05, 3.63) is 0 Å². The Balaban J connectivity index is 2.39. The monoisotopic (exact) mass is 261 g/mol. The van der Waals surface area contributed by atoms with Crippen LogP contribution in [0.25, 0.3) is 0 Å². The Labute approximate surface area is 101 Å². The first kappa shape index (κ1) is 12.8. The summed E-state index contributed by atoms with van der Waals surface area (Å²) in [6.45, 7) is 3.29. The van der Waals surface area contributed by atoms with Gasteiger partial charge in [-0.1, -0.05) is 0 Å². The van der Waals surface area contributed by atoms with Crippen LogP contribution in [0.1, 0.15) is 33.1 Å². The Morgan fingerprint density at radius 2 is 1.88 bits per heavy atom. The van der Waals surface area contributed by atoms with Crippen molar-refractivity contribution in [1.29, 1.82) is 0 Å². The normalized spacial score (nSPS) is 43.0. The first-order valence-corrected chi connectivity index (χ1v) is 7.50. The number of nitrogens with two attached hydrogens (primary N) is 1. The average Bonchev–Trinajstić information content (AvgIpc) is 2.32. The molecule has 1 aliphatic carbocycles. The molecule has 1 saturated carbocycles. The topological polar surface area (TPSA) is 97.5 Å². The number of aliphatic carboxylic acids is 1. The number of rotatable bonds is 2. The molecule has 3 N–H and O–H groups in total. The molecular weight excluding hydrogens is 242 g/mol. The van der Waals surface area contributed by atoms with E-state index in [0.29, 0.717) is 19.3 Å². The predicted octanol–water partition coefficient (Wildman–Crippen LogP) is 0.392. The number of hydrogen-bond donors (Lipinski definition) is 2. The van der Waals surface area contributed by atoms with Gasteiger partial charge in [-0.3, -0.25) is 4.79 Å². The molecule has 0 spiro atoms. The van der Waals surface area contributed by atoms with Crippen molar-refractivity contribution in [1.82, 2.24) is 0 Å². The van der Waals surface area contributed by atoms with Gasteiger partial charge in [-0.15, -0.1) is 0 Å². The second kappa shape index (κ2) is 3.45. The molecular formula is C11H19NO4S. The molecule has 2 aliphatic rings. The van der Waals surface area contributed by atoms with Crippen LogP contribution in [0.2, 0.25) is 0 Å². The zero-order valence-electron chi connectivity index (χ0n) is 10.1. The van der Waals surface area contributed by atoms with E-state index in [0.717, 1.165) is 0 Å². The lowest BCUT2D eigenvalue weighted by Crippen LogP contribution is -2.59. The van der Waals surface area contributed by atoms with Crippen LogP contribution in [0.15, 0.2) is 0 Å². The van der Waals surface area contributed by atoms with Gasteiger partial charge in [0.25, 0.3) is 0 Å². The van der Waals surface area contributed by atoms with Crippen LogP contribution in [0.3, 0.4) is 0 Å². The molecule has 0 radical (unpaired) electrons. The second-order valence-corrected chi connectivity index (χ2v) is 8.58. The van der Waals surface area contributed by atoms with Crippen molar-refractivity contribution in [2.45, 2.75) is 43.9 Å². The molecule has 2 rings (SSSR count). The highest BCUT2D eigenvalue weighted by molar-refractivity contribution is 7.93. The van der Waals surface area contributed by atoms with Crippen LogP contribution in [-0.2, 0) is 14.6 Å². The van der Waals surface area contributed by atoms with Crippen molar-refractivity contribution in [2.24, 2.45) is 17.1 Å². The molecule has 0 aromatic heterocycles. The number of sulfone groups is 1. The molecule has 2 fully saturated rings. The third kappa shape index (κ3) is 1.53. The van der Waals surface area contributed by atoms with Gasteiger partial charge in [-0.2, -0.15) is 0 Å². The van der Waals surface area contributed by atoms with Crippen LogP contribution in [-0.4, -0.2) is 36.0 Å². The average molecular weight is 261 g/mol. The molecule has 1 heterocycles. The van der Waals surface area contributed by atoms with E-state index in [-0.39, 0.29) is 17.7 Å². The molecule has 17 heavy (non-hydrogen) atoms. The van der Waals surface area contributed by atoms with Crippen LogP contribution >= 0.6 is 0 Å². The lowest BCUT2D eigenvalue weighted by Gasteiger charge is -2.50. The summed E-state index contributed by atoms with van der Waals surface area (Å²) < 4.78 is 23.0. The quantitative estimate of drug-likeness (QED) is 0.749. The Bertz CT molecular complexity index is 448. The summed E-state index contributed by atoms with van der Waals surface area (Å²) in [5, 5.41) is 9.41. The first-order valence-electron chi connectivity index (χ1n) is 5.85. The molecule has 5 nitrogen and oxygen atoms in total. The largest absolute Gasteiger partial charge is 0.481 e. The Morgan fingerprint density at radius 3 is 2.18 bits per heavy atom. The fourth-order valence-electron chi connectivity index (χ4n) is 3.53. The van der Waals surface area contributed by atoms with Crippen molar-refractivity contribution in [3.63, 3.8) is 0 Å². The van der Waals surface area contributed by atoms with E-state index in [1.807, 2.05) is 0 Å².